The van der Waals surface area contributed by atoms with Crippen molar-refractivity contribution in [3.8, 4) is 0 Å². The Morgan fingerprint density at radius 3 is 2.81 bits per heavy atom. The van der Waals surface area contributed by atoms with Gasteiger partial charge in [-0.2, -0.15) is 5.10 Å². The van der Waals surface area contributed by atoms with E-state index in [9.17, 15) is 5.11 Å². The molecule has 1 rings (SSSR count). The molecule has 5 nitrogen and oxygen atoms in total. The van der Waals surface area contributed by atoms with Gasteiger partial charge in [-0.1, -0.05) is 25.6 Å². The highest BCUT2D eigenvalue weighted by Gasteiger charge is 2.09. The van der Waals surface area contributed by atoms with Crippen LogP contribution < -0.4 is 5.32 Å². The number of nitrogens with one attached hydrogen (secondary N) is 1. The Labute approximate surface area is 101 Å². The number of nitrogens with zero attached hydrogens (tertiary/aromatic N) is 3. The molecule has 16 heavy (non-hydrogen) atoms. The third-order valence-corrected chi connectivity index (χ3v) is 3.22. The van der Waals surface area contributed by atoms with Gasteiger partial charge in [-0.05, 0) is 6.42 Å². The summed E-state index contributed by atoms with van der Waals surface area (Å²) >= 11 is 1.66. The molecule has 92 valence electrons. The van der Waals surface area contributed by atoms with Crippen LogP contribution in [0.15, 0.2) is 11.5 Å². The van der Waals surface area contributed by atoms with Crippen LogP contribution >= 0.6 is 11.8 Å². The molecule has 0 aliphatic carbocycles. The summed E-state index contributed by atoms with van der Waals surface area (Å²) in [4.78, 5) is 4.13. The number of rotatable bonds is 7. The molecule has 0 fully saturated rings. The van der Waals surface area contributed by atoms with Gasteiger partial charge in [-0.25, -0.2) is 9.67 Å². The zero-order chi connectivity index (χ0) is 12.0. The second kappa shape index (κ2) is 6.88. The fraction of sp³-hybridized carbons (Fsp3) is 0.800. The average Bonchev–Trinajstić information content (AvgIpc) is 2.62. The van der Waals surface area contributed by atoms with Crippen LogP contribution in [0.1, 0.15) is 20.3 Å². The van der Waals surface area contributed by atoms with Crippen LogP contribution in [0, 0.1) is 0 Å². The van der Waals surface area contributed by atoms with Crippen LogP contribution in [-0.2, 0) is 7.05 Å². The maximum atomic E-state index is 9.18. The van der Waals surface area contributed by atoms with Crippen molar-refractivity contribution in [2.75, 3.05) is 12.4 Å². The van der Waals surface area contributed by atoms with E-state index in [1.165, 1.54) is 0 Å². The van der Waals surface area contributed by atoms with E-state index >= 15 is 0 Å². The first-order valence-corrected chi connectivity index (χ1v) is 6.45. The summed E-state index contributed by atoms with van der Waals surface area (Å²) in [6.07, 6.45) is 2.48. The Bertz CT molecular complexity index is 303. The lowest BCUT2D eigenvalue weighted by Crippen LogP contribution is -2.37. The molecule has 1 heterocycles. The first-order chi connectivity index (χ1) is 7.63. The zero-order valence-corrected chi connectivity index (χ0v) is 10.9. The van der Waals surface area contributed by atoms with Crippen molar-refractivity contribution < 1.29 is 5.11 Å². The molecule has 1 atom stereocenters. The summed E-state index contributed by atoms with van der Waals surface area (Å²) in [6, 6.07) is 0.567. The number of hydrogen-bond acceptors (Lipinski definition) is 5. The molecule has 0 saturated carbocycles. The number of hydrogen-bond donors (Lipinski definition) is 2. The van der Waals surface area contributed by atoms with Crippen molar-refractivity contribution in [1.29, 1.82) is 0 Å². The monoisotopic (exact) mass is 244 g/mol. The normalized spacial score (nSPS) is 13.3. The first-order valence-electron chi connectivity index (χ1n) is 5.47. The van der Waals surface area contributed by atoms with E-state index in [0.717, 1.165) is 17.3 Å². The fourth-order valence-corrected chi connectivity index (χ4v) is 2.35. The van der Waals surface area contributed by atoms with Crippen LogP contribution in [0.4, 0.5) is 0 Å². The summed E-state index contributed by atoms with van der Waals surface area (Å²) < 4.78 is 1.76. The van der Waals surface area contributed by atoms with Crippen LogP contribution in [0.2, 0.25) is 0 Å². The van der Waals surface area contributed by atoms with Crippen LogP contribution in [0.3, 0.4) is 0 Å². The Balaban J connectivity index is 2.26. The molecular weight excluding hydrogens is 224 g/mol. The molecule has 0 aromatic carbocycles. The minimum absolute atomic E-state index is 0.167. The van der Waals surface area contributed by atoms with Crippen molar-refractivity contribution in [2.45, 2.75) is 37.5 Å². The van der Waals surface area contributed by atoms with Crippen molar-refractivity contribution in [1.82, 2.24) is 20.1 Å². The Morgan fingerprint density at radius 1 is 1.56 bits per heavy atom. The standard InChI is InChI=1S/C10H20N4OS/c1-8(2)13-9(6-15)4-5-16-10-11-7-12-14(10)3/h7-9,13,15H,4-6H2,1-3H3. The molecule has 0 spiro atoms. The van der Waals surface area contributed by atoms with Gasteiger partial charge in [0.15, 0.2) is 5.16 Å². The molecule has 2 N–H and O–H groups in total. The van der Waals surface area contributed by atoms with E-state index in [0.29, 0.717) is 6.04 Å². The second-order valence-corrected chi connectivity index (χ2v) is 5.07. The molecule has 0 aliphatic heterocycles. The van der Waals surface area contributed by atoms with E-state index in [4.69, 9.17) is 0 Å². The summed E-state index contributed by atoms with van der Waals surface area (Å²) in [5.41, 5.74) is 0. The van der Waals surface area contributed by atoms with Crippen molar-refractivity contribution in [2.24, 2.45) is 7.05 Å². The third-order valence-electron chi connectivity index (χ3n) is 2.16. The minimum Gasteiger partial charge on any atom is -0.395 e. The highest BCUT2D eigenvalue weighted by molar-refractivity contribution is 7.99. The van der Waals surface area contributed by atoms with Gasteiger partial charge in [0.05, 0.1) is 6.61 Å². The van der Waals surface area contributed by atoms with Crippen LogP contribution in [0.5, 0.6) is 0 Å². The largest absolute Gasteiger partial charge is 0.395 e. The topological polar surface area (TPSA) is 63.0 Å². The smallest absolute Gasteiger partial charge is 0.185 e. The lowest BCUT2D eigenvalue weighted by Gasteiger charge is -2.18. The third kappa shape index (κ3) is 4.51. The van der Waals surface area contributed by atoms with Gasteiger partial charge in [-0.15, -0.1) is 0 Å². The molecule has 0 saturated heterocycles. The molecule has 0 aliphatic rings. The molecule has 1 aromatic heterocycles. The number of aryl methyl sites for hydroxylation is 1. The number of thioether (sulfide) groups is 1. The quantitative estimate of drug-likeness (QED) is 0.690. The Morgan fingerprint density at radius 2 is 2.31 bits per heavy atom. The maximum absolute atomic E-state index is 9.18. The van der Waals surface area contributed by atoms with Gasteiger partial charge < -0.3 is 10.4 Å². The van der Waals surface area contributed by atoms with E-state index in [1.807, 2.05) is 7.05 Å². The van der Waals surface area contributed by atoms with Crippen molar-refractivity contribution in [3.05, 3.63) is 6.33 Å². The zero-order valence-electron chi connectivity index (χ0n) is 10.1. The van der Waals surface area contributed by atoms with Gasteiger partial charge >= 0.3 is 0 Å². The number of aliphatic hydroxyl groups excluding tert-OH is 1. The fourth-order valence-electron chi connectivity index (χ4n) is 1.41. The second-order valence-electron chi connectivity index (χ2n) is 4.00. The molecule has 0 amide bonds. The van der Waals surface area contributed by atoms with E-state index in [2.05, 4.69) is 29.2 Å². The lowest BCUT2D eigenvalue weighted by atomic mass is 10.2. The van der Waals surface area contributed by atoms with Gasteiger partial charge in [0, 0.05) is 24.9 Å². The summed E-state index contributed by atoms with van der Waals surface area (Å²) in [7, 11) is 1.88. The SMILES string of the molecule is CC(C)NC(CO)CCSc1ncnn1C. The van der Waals surface area contributed by atoms with Crippen molar-refractivity contribution >= 4 is 11.8 Å². The summed E-state index contributed by atoms with van der Waals surface area (Å²) in [5.74, 6) is 0.928. The minimum atomic E-state index is 0.167. The van der Waals surface area contributed by atoms with E-state index in [-0.39, 0.29) is 12.6 Å². The average molecular weight is 244 g/mol. The summed E-state index contributed by atoms with van der Waals surface area (Å²) in [5, 5.41) is 17.4. The Hall–Kier alpha value is -0.590. The van der Waals surface area contributed by atoms with Gasteiger partial charge in [0.1, 0.15) is 6.33 Å². The lowest BCUT2D eigenvalue weighted by molar-refractivity contribution is 0.232. The number of aliphatic hydroxyl groups is 1. The van der Waals surface area contributed by atoms with E-state index < -0.39 is 0 Å². The molecule has 0 radical (unpaired) electrons. The van der Waals surface area contributed by atoms with Gasteiger partial charge in [0.2, 0.25) is 0 Å². The maximum Gasteiger partial charge on any atom is 0.185 e. The van der Waals surface area contributed by atoms with Crippen molar-refractivity contribution in [3.63, 3.8) is 0 Å². The van der Waals surface area contributed by atoms with Crippen LogP contribution in [0.25, 0.3) is 0 Å². The van der Waals surface area contributed by atoms with Crippen LogP contribution in [-0.4, -0.2) is 44.3 Å². The number of aromatic nitrogens is 3. The molecular formula is C10H20N4OS. The first kappa shape index (κ1) is 13.5. The highest BCUT2D eigenvalue weighted by atomic mass is 32.2. The predicted octanol–water partition coefficient (Wildman–Crippen LogP) is 0.656. The molecule has 1 unspecified atom stereocenters. The molecule has 6 heteroatoms. The van der Waals surface area contributed by atoms with Gasteiger partial charge in [-0.3, -0.25) is 0 Å². The molecule has 1 aromatic rings. The summed E-state index contributed by atoms with van der Waals surface area (Å²) in [6.45, 7) is 4.34. The predicted molar refractivity (Wildman–Crippen MR) is 65.5 cm³/mol. The Kier molecular flexibility index (Phi) is 5.79. The van der Waals surface area contributed by atoms with E-state index in [1.54, 1.807) is 22.8 Å². The highest BCUT2D eigenvalue weighted by Crippen LogP contribution is 2.15. The van der Waals surface area contributed by atoms with Gasteiger partial charge in [0.25, 0.3) is 0 Å². The molecule has 0 bridgehead atoms.